The number of hydrogen-bond acceptors (Lipinski definition) is 1. The van der Waals surface area contributed by atoms with E-state index in [-0.39, 0.29) is 5.41 Å². The van der Waals surface area contributed by atoms with Gasteiger partial charge in [-0.05, 0) is 56.6 Å². The van der Waals surface area contributed by atoms with Crippen LogP contribution in [0.1, 0.15) is 125 Å². The summed E-state index contributed by atoms with van der Waals surface area (Å²) in [6.07, 6.45) is 13.1. The molecule has 0 amide bonds. The van der Waals surface area contributed by atoms with Crippen molar-refractivity contribution in [2.24, 2.45) is 0 Å². The lowest BCUT2D eigenvalue weighted by Crippen LogP contribution is -2.18. The second-order valence-electron chi connectivity index (χ2n) is 13.5. The second kappa shape index (κ2) is 10.6. The zero-order valence-electron chi connectivity index (χ0n) is 24.8. The maximum absolute atomic E-state index is 5.74. The molecule has 0 unspecified atom stereocenters. The lowest BCUT2D eigenvalue weighted by Gasteiger charge is -2.28. The Morgan fingerprint density at radius 1 is 0.641 bits per heavy atom. The van der Waals surface area contributed by atoms with E-state index in [1.807, 2.05) is 0 Å². The number of pyridine rings is 1. The molecule has 2 aliphatic carbocycles. The minimum Gasteiger partial charge on any atom is -0.357 e. The van der Waals surface area contributed by atoms with E-state index in [0.29, 0.717) is 11.8 Å². The van der Waals surface area contributed by atoms with Crippen molar-refractivity contribution in [3.8, 4) is 22.3 Å². The van der Waals surface area contributed by atoms with Crippen molar-refractivity contribution in [1.82, 2.24) is 9.97 Å². The smallest absolute Gasteiger partial charge is 0.0579 e. The molecule has 0 atom stereocenters. The van der Waals surface area contributed by atoms with Crippen molar-refractivity contribution in [3.05, 3.63) is 76.7 Å². The lowest BCUT2D eigenvalue weighted by atomic mass is 9.79. The van der Waals surface area contributed by atoms with Crippen molar-refractivity contribution in [1.29, 1.82) is 0 Å². The average molecular weight is 519 g/mol. The molecule has 0 saturated heterocycles. The van der Waals surface area contributed by atoms with Gasteiger partial charge in [0.25, 0.3) is 0 Å². The van der Waals surface area contributed by atoms with Crippen LogP contribution in [0.3, 0.4) is 0 Å². The molecule has 2 heterocycles. The van der Waals surface area contributed by atoms with Crippen LogP contribution in [0.4, 0.5) is 0 Å². The Balaban J connectivity index is 1.73. The van der Waals surface area contributed by atoms with Crippen molar-refractivity contribution >= 4 is 10.9 Å². The third-order valence-corrected chi connectivity index (χ3v) is 9.40. The van der Waals surface area contributed by atoms with Gasteiger partial charge in [0.05, 0.1) is 16.9 Å². The summed E-state index contributed by atoms with van der Waals surface area (Å²) in [5.41, 5.74) is 13.4. The standard InChI is InChI=1S/C37H46N2/c1-24-16-20-26(21-17-24)30-32-35(38-33(30)28-12-8-6-9-13-28)31(27-22-18-25(2)19-23-27)34(29-14-10-7-11-15-29)39-36(32)37(3,4)5/h16-23,28-29,38H,6-15H2,1-5H3. The van der Waals surface area contributed by atoms with E-state index in [1.54, 1.807) is 0 Å². The fourth-order valence-corrected chi connectivity index (χ4v) is 7.25. The number of fused-ring (bicyclic) bond motifs is 1. The first-order valence-electron chi connectivity index (χ1n) is 15.6. The van der Waals surface area contributed by atoms with Gasteiger partial charge in [0, 0.05) is 33.5 Å². The topological polar surface area (TPSA) is 28.7 Å². The van der Waals surface area contributed by atoms with Crippen molar-refractivity contribution in [3.63, 3.8) is 0 Å². The number of H-pyrrole nitrogens is 1. The fraction of sp³-hybridized carbons (Fsp3) is 0.486. The lowest BCUT2D eigenvalue weighted by molar-refractivity contribution is 0.434. The van der Waals surface area contributed by atoms with Crippen LogP contribution in [0.25, 0.3) is 33.2 Å². The zero-order valence-corrected chi connectivity index (χ0v) is 24.8. The number of aryl methyl sites for hydroxylation is 2. The maximum Gasteiger partial charge on any atom is 0.0579 e. The first-order valence-corrected chi connectivity index (χ1v) is 15.6. The number of hydrogen-bond donors (Lipinski definition) is 1. The van der Waals surface area contributed by atoms with Crippen LogP contribution in [-0.4, -0.2) is 9.97 Å². The summed E-state index contributed by atoms with van der Waals surface area (Å²) in [4.78, 5) is 9.92. The summed E-state index contributed by atoms with van der Waals surface area (Å²) >= 11 is 0. The molecular formula is C37H46N2. The van der Waals surface area contributed by atoms with Gasteiger partial charge < -0.3 is 4.98 Å². The van der Waals surface area contributed by atoms with Crippen molar-refractivity contribution < 1.29 is 0 Å². The monoisotopic (exact) mass is 518 g/mol. The number of aromatic amines is 1. The number of benzene rings is 2. The van der Waals surface area contributed by atoms with E-state index in [4.69, 9.17) is 4.98 Å². The van der Waals surface area contributed by atoms with Crippen LogP contribution in [-0.2, 0) is 5.41 Å². The predicted octanol–water partition coefficient (Wildman–Crippen LogP) is 10.9. The van der Waals surface area contributed by atoms with Gasteiger partial charge in [-0.25, -0.2) is 0 Å². The molecule has 39 heavy (non-hydrogen) atoms. The highest BCUT2D eigenvalue weighted by atomic mass is 14.8. The van der Waals surface area contributed by atoms with Crippen LogP contribution in [0.5, 0.6) is 0 Å². The quantitative estimate of drug-likeness (QED) is 0.286. The molecule has 0 bridgehead atoms. The summed E-state index contributed by atoms with van der Waals surface area (Å²) in [6, 6.07) is 18.5. The van der Waals surface area contributed by atoms with E-state index in [1.165, 1.54) is 126 Å². The Labute approximate surface area is 235 Å². The largest absolute Gasteiger partial charge is 0.357 e. The molecule has 2 nitrogen and oxygen atoms in total. The molecule has 0 radical (unpaired) electrons. The molecule has 1 N–H and O–H groups in total. The van der Waals surface area contributed by atoms with Crippen LogP contribution >= 0.6 is 0 Å². The molecule has 2 aliphatic rings. The van der Waals surface area contributed by atoms with Gasteiger partial charge in [0.15, 0.2) is 0 Å². The molecule has 0 aliphatic heterocycles. The Kier molecular flexibility index (Phi) is 7.16. The maximum atomic E-state index is 5.74. The van der Waals surface area contributed by atoms with E-state index >= 15 is 0 Å². The summed E-state index contributed by atoms with van der Waals surface area (Å²) in [7, 11) is 0. The Hall–Kier alpha value is -2.87. The highest BCUT2D eigenvalue weighted by Gasteiger charge is 2.33. The van der Waals surface area contributed by atoms with Crippen molar-refractivity contribution in [2.45, 2.75) is 116 Å². The number of aromatic nitrogens is 2. The van der Waals surface area contributed by atoms with Crippen LogP contribution in [0.2, 0.25) is 0 Å². The van der Waals surface area contributed by atoms with Gasteiger partial charge in [0.2, 0.25) is 0 Å². The molecular weight excluding hydrogens is 472 g/mol. The molecule has 0 spiro atoms. The minimum atomic E-state index is -0.0566. The molecule has 2 saturated carbocycles. The summed E-state index contributed by atoms with van der Waals surface area (Å²) < 4.78 is 0. The van der Waals surface area contributed by atoms with Crippen LogP contribution in [0.15, 0.2) is 48.5 Å². The molecule has 6 rings (SSSR count). The van der Waals surface area contributed by atoms with Gasteiger partial charge in [-0.1, -0.05) is 119 Å². The first-order chi connectivity index (χ1) is 18.8. The highest BCUT2D eigenvalue weighted by molar-refractivity contribution is 6.07. The zero-order chi connectivity index (χ0) is 27.1. The summed E-state index contributed by atoms with van der Waals surface area (Å²) in [6.45, 7) is 11.5. The van der Waals surface area contributed by atoms with Crippen molar-refractivity contribution in [2.75, 3.05) is 0 Å². The average Bonchev–Trinajstić information content (AvgIpc) is 3.34. The second-order valence-corrected chi connectivity index (χ2v) is 13.5. The molecule has 204 valence electrons. The van der Waals surface area contributed by atoms with Crippen LogP contribution < -0.4 is 0 Å². The van der Waals surface area contributed by atoms with E-state index in [2.05, 4.69) is 88.1 Å². The molecule has 4 aromatic rings. The fourth-order valence-electron chi connectivity index (χ4n) is 7.25. The van der Waals surface area contributed by atoms with E-state index in [9.17, 15) is 0 Å². The third kappa shape index (κ3) is 5.08. The number of nitrogens with zero attached hydrogens (tertiary/aromatic N) is 1. The van der Waals surface area contributed by atoms with Gasteiger partial charge >= 0.3 is 0 Å². The molecule has 2 heteroatoms. The van der Waals surface area contributed by atoms with Gasteiger partial charge in [0.1, 0.15) is 0 Å². The van der Waals surface area contributed by atoms with Gasteiger partial charge in [-0.3, -0.25) is 4.98 Å². The Morgan fingerprint density at radius 2 is 1.13 bits per heavy atom. The Morgan fingerprint density at radius 3 is 1.64 bits per heavy atom. The van der Waals surface area contributed by atoms with Gasteiger partial charge in [-0.2, -0.15) is 0 Å². The number of rotatable bonds is 4. The summed E-state index contributed by atoms with van der Waals surface area (Å²) in [5.74, 6) is 1.11. The highest BCUT2D eigenvalue weighted by Crippen LogP contribution is 2.49. The molecule has 2 aromatic heterocycles. The predicted molar refractivity (Wildman–Crippen MR) is 167 cm³/mol. The van der Waals surface area contributed by atoms with E-state index in [0.717, 1.165) is 0 Å². The summed E-state index contributed by atoms with van der Waals surface area (Å²) in [5, 5.41) is 1.36. The van der Waals surface area contributed by atoms with E-state index < -0.39 is 0 Å². The normalized spacial score (nSPS) is 17.7. The Bertz CT molecular complexity index is 1440. The minimum absolute atomic E-state index is 0.0566. The number of nitrogens with one attached hydrogen (secondary N) is 1. The first kappa shape index (κ1) is 26.4. The molecule has 2 fully saturated rings. The molecule has 2 aromatic carbocycles. The van der Waals surface area contributed by atoms with Gasteiger partial charge in [-0.15, -0.1) is 0 Å². The SMILES string of the molecule is Cc1ccc(-c2c(C3CCCCC3)nc(C(C)(C)C)c3c(-c4ccc(C)cc4)c(C4CCCCC4)[nH]c23)cc1. The third-order valence-electron chi connectivity index (χ3n) is 9.40. The van der Waals surface area contributed by atoms with Crippen LogP contribution in [0, 0.1) is 13.8 Å².